The van der Waals surface area contributed by atoms with E-state index in [1.807, 2.05) is 18.2 Å². The second-order valence-corrected chi connectivity index (χ2v) is 7.11. The van der Waals surface area contributed by atoms with E-state index in [0.29, 0.717) is 29.6 Å². The van der Waals surface area contributed by atoms with Crippen molar-refractivity contribution in [3.05, 3.63) is 40.7 Å². The zero-order valence-corrected chi connectivity index (χ0v) is 14.6. The number of hydrogen-bond donors (Lipinski definition) is 0. The number of benzene rings is 1. The first kappa shape index (κ1) is 15.4. The Bertz CT molecular complexity index is 899. The molecule has 0 spiro atoms. The van der Waals surface area contributed by atoms with E-state index in [1.165, 1.54) is 0 Å². The summed E-state index contributed by atoms with van der Waals surface area (Å²) in [6.07, 6.45) is 0. The highest BCUT2D eigenvalue weighted by molar-refractivity contribution is 7.22. The summed E-state index contributed by atoms with van der Waals surface area (Å²) in [6.45, 7) is 4.52. The van der Waals surface area contributed by atoms with Crippen LogP contribution in [0.5, 0.6) is 0 Å². The maximum absolute atomic E-state index is 12.4. The molecule has 3 heterocycles. The summed E-state index contributed by atoms with van der Waals surface area (Å²) in [6, 6.07) is 7.48. The number of fused-ring (bicyclic) bond motifs is 1. The molecule has 4 rings (SSSR count). The van der Waals surface area contributed by atoms with E-state index in [4.69, 9.17) is 16.1 Å². The van der Waals surface area contributed by atoms with Crippen LogP contribution in [0, 0.1) is 6.92 Å². The Morgan fingerprint density at radius 2 is 2.08 bits per heavy atom. The number of amides is 1. The number of aryl methyl sites for hydroxylation is 1. The maximum atomic E-state index is 12.4. The normalized spacial score (nSPS) is 15.2. The fraction of sp³-hybridized carbons (Fsp3) is 0.312. The lowest BCUT2D eigenvalue weighted by molar-refractivity contribution is 0.0704. The average molecular weight is 363 g/mol. The molecule has 0 atom stereocenters. The molecular weight excluding hydrogens is 348 g/mol. The van der Waals surface area contributed by atoms with Gasteiger partial charge in [-0.1, -0.05) is 34.2 Å². The quantitative estimate of drug-likeness (QED) is 0.700. The van der Waals surface area contributed by atoms with Gasteiger partial charge in [0, 0.05) is 32.2 Å². The van der Waals surface area contributed by atoms with Crippen LogP contribution in [0.25, 0.3) is 10.2 Å². The van der Waals surface area contributed by atoms with Crippen LogP contribution in [0.2, 0.25) is 5.02 Å². The Morgan fingerprint density at radius 1 is 1.29 bits per heavy atom. The zero-order chi connectivity index (χ0) is 16.7. The molecule has 24 heavy (non-hydrogen) atoms. The van der Waals surface area contributed by atoms with Crippen molar-refractivity contribution in [3.8, 4) is 0 Å². The van der Waals surface area contributed by atoms with Crippen LogP contribution in [0.4, 0.5) is 5.13 Å². The summed E-state index contributed by atoms with van der Waals surface area (Å²) >= 11 is 7.83. The van der Waals surface area contributed by atoms with Gasteiger partial charge in [0.25, 0.3) is 5.91 Å². The molecule has 2 aromatic heterocycles. The molecule has 0 radical (unpaired) electrons. The number of anilines is 1. The molecular formula is C16H15ClN4O2S. The smallest absolute Gasteiger partial charge is 0.292 e. The van der Waals surface area contributed by atoms with Crippen molar-refractivity contribution in [2.75, 3.05) is 31.1 Å². The van der Waals surface area contributed by atoms with Crippen LogP contribution in [0.1, 0.15) is 16.2 Å². The highest BCUT2D eigenvalue weighted by Gasteiger charge is 2.26. The molecule has 0 unspecified atom stereocenters. The van der Waals surface area contributed by atoms with Crippen molar-refractivity contribution in [2.45, 2.75) is 6.92 Å². The Kier molecular flexibility index (Phi) is 3.90. The van der Waals surface area contributed by atoms with Gasteiger partial charge in [0.15, 0.2) is 5.13 Å². The van der Waals surface area contributed by atoms with Crippen LogP contribution in [-0.4, -0.2) is 47.1 Å². The van der Waals surface area contributed by atoms with E-state index in [-0.39, 0.29) is 5.91 Å². The minimum Gasteiger partial charge on any atom is -0.351 e. The van der Waals surface area contributed by atoms with E-state index >= 15 is 0 Å². The first-order chi connectivity index (χ1) is 11.6. The summed E-state index contributed by atoms with van der Waals surface area (Å²) in [5.41, 5.74) is 1.55. The number of para-hydroxylation sites is 1. The number of rotatable bonds is 2. The van der Waals surface area contributed by atoms with Crippen LogP contribution in [0.15, 0.2) is 28.8 Å². The molecule has 124 valence electrons. The average Bonchev–Trinajstić information content (AvgIpc) is 3.21. The molecule has 1 saturated heterocycles. The first-order valence-electron chi connectivity index (χ1n) is 7.64. The summed E-state index contributed by atoms with van der Waals surface area (Å²) in [5.74, 6) is 0.190. The highest BCUT2D eigenvalue weighted by Crippen LogP contribution is 2.33. The third kappa shape index (κ3) is 2.74. The molecule has 0 saturated carbocycles. The van der Waals surface area contributed by atoms with Crippen molar-refractivity contribution in [2.24, 2.45) is 0 Å². The van der Waals surface area contributed by atoms with Crippen LogP contribution in [0.3, 0.4) is 0 Å². The Morgan fingerprint density at radius 3 is 2.75 bits per heavy atom. The molecule has 0 bridgehead atoms. The number of thiazole rings is 1. The van der Waals surface area contributed by atoms with Crippen molar-refractivity contribution >= 4 is 44.2 Å². The summed E-state index contributed by atoms with van der Waals surface area (Å²) < 4.78 is 6.14. The number of piperazine rings is 1. The molecule has 0 N–H and O–H groups in total. The van der Waals surface area contributed by atoms with Crippen molar-refractivity contribution in [3.63, 3.8) is 0 Å². The molecule has 6 nitrogen and oxygen atoms in total. The van der Waals surface area contributed by atoms with Crippen molar-refractivity contribution in [1.82, 2.24) is 15.0 Å². The van der Waals surface area contributed by atoms with Gasteiger partial charge in [-0.3, -0.25) is 4.79 Å². The second-order valence-electron chi connectivity index (χ2n) is 5.69. The van der Waals surface area contributed by atoms with Crippen molar-refractivity contribution in [1.29, 1.82) is 0 Å². The number of hydrogen-bond acceptors (Lipinski definition) is 6. The molecule has 1 amide bonds. The van der Waals surface area contributed by atoms with E-state index in [1.54, 1.807) is 29.2 Å². The van der Waals surface area contributed by atoms with Gasteiger partial charge < -0.3 is 14.3 Å². The second kappa shape index (κ2) is 6.07. The fourth-order valence-corrected chi connectivity index (χ4v) is 4.08. The number of nitrogens with zero attached hydrogens (tertiary/aromatic N) is 4. The van der Waals surface area contributed by atoms with Gasteiger partial charge >= 0.3 is 0 Å². The lowest BCUT2D eigenvalue weighted by Gasteiger charge is -2.33. The minimum atomic E-state index is -0.109. The van der Waals surface area contributed by atoms with Gasteiger partial charge in [-0.15, -0.1) is 0 Å². The van der Waals surface area contributed by atoms with E-state index in [9.17, 15) is 4.79 Å². The lowest BCUT2D eigenvalue weighted by Crippen LogP contribution is -2.48. The minimum absolute atomic E-state index is 0.109. The monoisotopic (exact) mass is 362 g/mol. The molecule has 1 aliphatic heterocycles. The third-order valence-electron chi connectivity index (χ3n) is 4.03. The van der Waals surface area contributed by atoms with Gasteiger partial charge in [-0.2, -0.15) is 0 Å². The molecule has 1 aliphatic rings. The van der Waals surface area contributed by atoms with Gasteiger partial charge in [-0.05, 0) is 19.1 Å². The van der Waals surface area contributed by atoms with Crippen LogP contribution < -0.4 is 4.90 Å². The Balaban J connectivity index is 1.47. The maximum Gasteiger partial charge on any atom is 0.292 e. The van der Waals surface area contributed by atoms with Gasteiger partial charge in [0.05, 0.1) is 15.4 Å². The zero-order valence-electron chi connectivity index (χ0n) is 13.0. The molecule has 8 heteroatoms. The SMILES string of the molecule is Cc1cc(C(=O)N2CCN(c3nc4c(Cl)cccc4s3)CC2)on1. The summed E-state index contributed by atoms with van der Waals surface area (Å²) in [4.78, 5) is 21.0. The van der Waals surface area contributed by atoms with E-state index in [2.05, 4.69) is 15.0 Å². The van der Waals surface area contributed by atoms with Gasteiger partial charge in [0.1, 0.15) is 5.52 Å². The molecule has 0 aliphatic carbocycles. The van der Waals surface area contributed by atoms with Gasteiger partial charge in [0.2, 0.25) is 5.76 Å². The van der Waals surface area contributed by atoms with Crippen molar-refractivity contribution < 1.29 is 9.32 Å². The predicted octanol–water partition coefficient (Wildman–Crippen LogP) is 3.21. The topological polar surface area (TPSA) is 62.5 Å². The predicted molar refractivity (Wildman–Crippen MR) is 94.0 cm³/mol. The largest absolute Gasteiger partial charge is 0.351 e. The first-order valence-corrected chi connectivity index (χ1v) is 8.84. The number of aromatic nitrogens is 2. The third-order valence-corrected chi connectivity index (χ3v) is 5.42. The highest BCUT2D eigenvalue weighted by atomic mass is 35.5. The lowest BCUT2D eigenvalue weighted by atomic mass is 10.3. The molecule has 1 fully saturated rings. The Hall–Kier alpha value is -2.12. The van der Waals surface area contributed by atoms with E-state index in [0.717, 1.165) is 28.4 Å². The number of carbonyl (C=O) groups is 1. The van der Waals surface area contributed by atoms with E-state index < -0.39 is 0 Å². The van der Waals surface area contributed by atoms with Gasteiger partial charge in [-0.25, -0.2) is 4.98 Å². The number of halogens is 1. The molecule has 3 aromatic rings. The van der Waals surface area contributed by atoms with Crippen LogP contribution >= 0.6 is 22.9 Å². The fourth-order valence-electron chi connectivity index (χ4n) is 2.76. The molecule has 1 aromatic carbocycles. The summed E-state index contributed by atoms with van der Waals surface area (Å²) in [7, 11) is 0. The standard InChI is InChI=1S/C16H15ClN4O2S/c1-10-9-12(23-19-10)15(22)20-5-7-21(8-6-20)16-18-14-11(17)3-2-4-13(14)24-16/h2-4,9H,5-8H2,1H3. The summed E-state index contributed by atoms with van der Waals surface area (Å²) in [5, 5.41) is 5.39. The number of carbonyl (C=O) groups excluding carboxylic acids is 1. The Labute approximate surface area is 147 Å². The van der Waals surface area contributed by atoms with Crippen LogP contribution in [-0.2, 0) is 0 Å².